The summed E-state index contributed by atoms with van der Waals surface area (Å²) in [5.41, 5.74) is 1.20. The molecule has 3 saturated heterocycles. The van der Waals surface area contributed by atoms with Crippen molar-refractivity contribution in [3.63, 3.8) is 0 Å². The third-order valence-electron chi connectivity index (χ3n) is 9.32. The van der Waals surface area contributed by atoms with Gasteiger partial charge in [-0.15, -0.1) is 6.58 Å². The Kier molecular flexibility index (Phi) is 7.83. The molecule has 41 heavy (non-hydrogen) atoms. The molecular weight excluding hydrogens is 520 g/mol. The maximum Gasteiger partial charge on any atom is 0.312 e. The Labute approximate surface area is 241 Å². The van der Waals surface area contributed by atoms with E-state index in [2.05, 4.69) is 6.58 Å². The normalized spacial score (nSPS) is 28.9. The minimum atomic E-state index is -1.24. The van der Waals surface area contributed by atoms with E-state index in [4.69, 9.17) is 9.47 Å². The molecule has 0 saturated carbocycles. The number of aryl methyl sites for hydroxylation is 2. The van der Waals surface area contributed by atoms with Crippen LogP contribution in [0.1, 0.15) is 55.8 Å². The molecule has 0 aliphatic carbocycles. The molecule has 1 spiro atoms. The molecule has 8 nitrogen and oxygen atoms in total. The Bertz CT molecular complexity index is 1340. The van der Waals surface area contributed by atoms with Gasteiger partial charge in [0.2, 0.25) is 5.91 Å². The number of ether oxygens (including phenoxy) is 2. The fourth-order valence-electron chi connectivity index (χ4n) is 7.49. The maximum atomic E-state index is 14.9. The van der Waals surface area contributed by atoms with Crippen molar-refractivity contribution >= 4 is 23.5 Å². The molecule has 2 amide bonds. The molecule has 5 rings (SSSR count). The molecule has 2 aromatic rings. The Balaban J connectivity index is 1.70. The van der Waals surface area contributed by atoms with E-state index in [0.29, 0.717) is 24.8 Å². The fraction of sp³-hybridized carbons (Fsp3) is 0.485. The summed E-state index contributed by atoms with van der Waals surface area (Å²) in [5, 5.41) is 10.7. The molecule has 1 N–H and O–H groups in total. The van der Waals surface area contributed by atoms with Gasteiger partial charge in [-0.2, -0.15) is 0 Å². The molecule has 3 heterocycles. The lowest BCUT2D eigenvalue weighted by Gasteiger charge is -2.40. The molecule has 3 fully saturated rings. The Morgan fingerprint density at radius 3 is 2.56 bits per heavy atom. The van der Waals surface area contributed by atoms with Gasteiger partial charge in [0, 0.05) is 12.2 Å². The fourth-order valence-corrected chi connectivity index (χ4v) is 7.49. The van der Waals surface area contributed by atoms with Gasteiger partial charge in [-0.3, -0.25) is 14.4 Å². The van der Waals surface area contributed by atoms with Gasteiger partial charge < -0.3 is 24.4 Å². The summed E-state index contributed by atoms with van der Waals surface area (Å²) in [6.45, 7) is 11.5. The average Bonchev–Trinajstić information content (AvgIpc) is 3.58. The van der Waals surface area contributed by atoms with Gasteiger partial charge >= 0.3 is 5.97 Å². The molecular formula is C33H40N2O6. The Morgan fingerprint density at radius 2 is 1.93 bits per heavy atom. The van der Waals surface area contributed by atoms with Crippen LogP contribution in [-0.4, -0.2) is 64.8 Å². The number of esters is 1. The largest absolute Gasteiger partial charge is 0.466 e. The van der Waals surface area contributed by atoms with E-state index in [9.17, 15) is 19.5 Å². The lowest BCUT2D eigenvalue weighted by Crippen LogP contribution is -2.57. The highest BCUT2D eigenvalue weighted by Crippen LogP contribution is 2.65. The zero-order chi connectivity index (χ0) is 29.5. The van der Waals surface area contributed by atoms with Gasteiger partial charge in [0.25, 0.3) is 5.91 Å². The predicted octanol–water partition coefficient (Wildman–Crippen LogP) is 4.27. The number of carbonyl (C=O) groups excluding carboxylic acids is 3. The van der Waals surface area contributed by atoms with Crippen molar-refractivity contribution < 1.29 is 29.0 Å². The Morgan fingerprint density at radius 1 is 1.20 bits per heavy atom. The summed E-state index contributed by atoms with van der Waals surface area (Å²) < 4.78 is 12.4. The highest BCUT2D eigenvalue weighted by molar-refractivity contribution is 6.05. The van der Waals surface area contributed by atoms with Gasteiger partial charge in [0.1, 0.15) is 17.6 Å². The summed E-state index contributed by atoms with van der Waals surface area (Å²) >= 11 is 0. The average molecular weight is 561 g/mol. The minimum Gasteiger partial charge on any atom is -0.466 e. The first kappa shape index (κ1) is 29.0. The van der Waals surface area contributed by atoms with Crippen LogP contribution in [0.25, 0.3) is 0 Å². The molecule has 3 aliphatic rings. The molecule has 0 radical (unpaired) electrons. The molecule has 0 aromatic heterocycles. The second kappa shape index (κ2) is 11.1. The maximum absolute atomic E-state index is 14.9. The summed E-state index contributed by atoms with van der Waals surface area (Å²) in [5.74, 6) is -2.89. The van der Waals surface area contributed by atoms with Crippen LogP contribution in [0, 0.1) is 25.7 Å². The first-order valence-electron chi connectivity index (χ1n) is 14.5. The number of rotatable bonds is 10. The number of hydrogen-bond donors (Lipinski definition) is 1. The predicted molar refractivity (Wildman–Crippen MR) is 155 cm³/mol. The lowest BCUT2D eigenvalue weighted by molar-refractivity contribution is -0.161. The van der Waals surface area contributed by atoms with Crippen LogP contribution in [-0.2, 0) is 23.9 Å². The van der Waals surface area contributed by atoms with Gasteiger partial charge in [-0.05, 0) is 62.8 Å². The van der Waals surface area contributed by atoms with Gasteiger partial charge in [-0.25, -0.2) is 0 Å². The van der Waals surface area contributed by atoms with E-state index in [-0.39, 0.29) is 25.0 Å². The van der Waals surface area contributed by atoms with E-state index >= 15 is 0 Å². The first-order chi connectivity index (χ1) is 19.7. The smallest absolute Gasteiger partial charge is 0.312 e. The molecule has 2 unspecified atom stereocenters. The summed E-state index contributed by atoms with van der Waals surface area (Å²) in [6, 6.07) is 13.2. The third-order valence-corrected chi connectivity index (χ3v) is 9.32. The van der Waals surface area contributed by atoms with Crippen LogP contribution in [0.15, 0.2) is 61.2 Å². The van der Waals surface area contributed by atoms with E-state index in [1.165, 1.54) is 4.90 Å². The molecule has 2 bridgehead atoms. The SMILES string of the molecule is C=CCN(C(=O)C1N([C@H](CO)c2ccccc2)C(=O)[C@@H]2[C@H](C(=O)OCC)[C@]3(CC)CCC12O3)c1cc(C)ccc1C. The summed E-state index contributed by atoms with van der Waals surface area (Å²) in [4.78, 5) is 46.2. The summed E-state index contributed by atoms with van der Waals surface area (Å²) in [7, 11) is 0. The van der Waals surface area contributed by atoms with Gasteiger partial charge in [-0.1, -0.05) is 55.5 Å². The highest BCUT2D eigenvalue weighted by atomic mass is 16.6. The van der Waals surface area contributed by atoms with Crippen molar-refractivity contribution in [3.05, 3.63) is 77.9 Å². The monoisotopic (exact) mass is 560 g/mol. The number of carbonyl (C=O) groups is 3. The lowest BCUT2D eigenvalue weighted by atomic mass is 9.65. The number of likely N-dealkylation sites (tertiary alicyclic amines) is 1. The Hall–Kier alpha value is -3.49. The number of amides is 2. The van der Waals surface area contributed by atoms with Crippen LogP contribution in [0.5, 0.6) is 0 Å². The van der Waals surface area contributed by atoms with Crippen molar-refractivity contribution in [2.45, 2.75) is 70.2 Å². The van der Waals surface area contributed by atoms with Gasteiger partial charge in [0.05, 0.1) is 30.8 Å². The van der Waals surface area contributed by atoms with Gasteiger partial charge in [0.15, 0.2) is 0 Å². The number of anilines is 1. The molecule has 2 aromatic carbocycles. The number of hydrogen-bond acceptors (Lipinski definition) is 6. The quantitative estimate of drug-likeness (QED) is 0.344. The number of fused-ring (bicyclic) bond motifs is 1. The van der Waals surface area contributed by atoms with Crippen LogP contribution < -0.4 is 4.90 Å². The zero-order valence-electron chi connectivity index (χ0n) is 24.3. The van der Waals surface area contributed by atoms with E-state index in [1.807, 2.05) is 69.3 Å². The minimum absolute atomic E-state index is 0.179. The van der Waals surface area contributed by atoms with E-state index < -0.39 is 47.7 Å². The zero-order valence-corrected chi connectivity index (χ0v) is 24.3. The number of benzene rings is 2. The van der Waals surface area contributed by atoms with Crippen LogP contribution in [0.2, 0.25) is 0 Å². The second-order valence-corrected chi connectivity index (χ2v) is 11.5. The van der Waals surface area contributed by atoms with Crippen LogP contribution in [0.3, 0.4) is 0 Å². The van der Waals surface area contributed by atoms with Crippen molar-refractivity contribution in [3.8, 4) is 0 Å². The molecule has 3 aliphatic heterocycles. The third kappa shape index (κ3) is 4.39. The molecule has 6 atom stereocenters. The topological polar surface area (TPSA) is 96.4 Å². The first-order valence-corrected chi connectivity index (χ1v) is 14.5. The van der Waals surface area contributed by atoms with Crippen molar-refractivity contribution in [1.82, 2.24) is 4.90 Å². The standard InChI is InChI=1S/C33H40N2O6/c1-6-18-34(24-19-21(4)14-15-22(24)5)30(38)28-33-17-16-32(7-2,41-33)27(31(39)40-8-3)26(33)29(37)35(28)25(20-36)23-12-10-9-11-13-23/h6,9-15,19,25-28,36H,1,7-8,16-18,20H2,2-5H3/t25-,26+,27-,28?,32+,33?/m1/s1. The molecule has 8 heteroatoms. The number of nitrogens with zero attached hydrogens (tertiary/aromatic N) is 2. The second-order valence-electron chi connectivity index (χ2n) is 11.5. The highest BCUT2D eigenvalue weighted by Gasteiger charge is 2.79. The van der Waals surface area contributed by atoms with Crippen molar-refractivity contribution in [1.29, 1.82) is 0 Å². The van der Waals surface area contributed by atoms with Crippen molar-refractivity contribution in [2.24, 2.45) is 11.8 Å². The van der Waals surface area contributed by atoms with Crippen molar-refractivity contribution in [2.75, 3.05) is 24.7 Å². The van der Waals surface area contributed by atoms with E-state index in [1.54, 1.807) is 17.9 Å². The van der Waals surface area contributed by atoms with Crippen LogP contribution in [0.4, 0.5) is 5.69 Å². The van der Waals surface area contributed by atoms with E-state index in [0.717, 1.165) is 16.8 Å². The molecule has 218 valence electrons. The number of aliphatic hydroxyl groups excluding tert-OH is 1. The summed E-state index contributed by atoms with van der Waals surface area (Å²) in [6.07, 6.45) is 3.16. The van der Waals surface area contributed by atoms with Crippen LogP contribution >= 0.6 is 0 Å². The number of aliphatic hydroxyl groups is 1.